The molecular formula is C41H44FN5O8S. The predicted octanol–water partition coefficient (Wildman–Crippen LogP) is 4.95. The van der Waals surface area contributed by atoms with E-state index in [1.165, 1.54) is 24.0 Å². The van der Waals surface area contributed by atoms with E-state index < -0.39 is 74.4 Å². The van der Waals surface area contributed by atoms with Crippen LogP contribution in [0.4, 0.5) is 4.39 Å². The lowest BCUT2D eigenvalue weighted by Crippen LogP contribution is -2.58. The average molecular weight is 786 g/mol. The number of halogens is 1. The van der Waals surface area contributed by atoms with Gasteiger partial charge >= 0.3 is 0 Å². The topological polar surface area (TPSA) is 177 Å². The minimum absolute atomic E-state index is 0.0119. The number of hydrogen-bond acceptors (Lipinski definition) is 9. The third-order valence-corrected chi connectivity index (χ3v) is 13.0. The van der Waals surface area contributed by atoms with Crippen LogP contribution in [0.5, 0.6) is 5.75 Å². The number of aromatic nitrogens is 1. The van der Waals surface area contributed by atoms with Crippen molar-refractivity contribution in [1.29, 1.82) is 0 Å². The SMILES string of the molecule is CC(=O)N[C@H]1CCCCC/C=C\[C@H]2C[C@@]2(C(=O)NS(=O)(=O)C2CC2)NC(=O)[C@@H]2C[C@@H](Oc3cc(-c4ccc(F)cc4)nc4c3oc3ccc(C)cc34)CN2C1=O. The van der Waals surface area contributed by atoms with Gasteiger partial charge in [0.1, 0.15) is 40.6 Å². The smallest absolute Gasteiger partial charge is 0.259 e. The van der Waals surface area contributed by atoms with E-state index in [4.69, 9.17) is 14.1 Å². The number of carbonyl (C=O) groups excluding carboxylic acids is 4. The number of sulfonamides is 1. The Hall–Kier alpha value is -5.31. The normalized spacial score (nSPS) is 26.4. The van der Waals surface area contributed by atoms with Crippen LogP contribution in [0.25, 0.3) is 33.3 Å². The highest BCUT2D eigenvalue weighted by atomic mass is 32.2. The quantitative estimate of drug-likeness (QED) is 0.219. The van der Waals surface area contributed by atoms with Crippen molar-refractivity contribution in [3.8, 4) is 17.0 Å². The molecule has 1 saturated heterocycles. The van der Waals surface area contributed by atoms with Gasteiger partial charge in [-0.15, -0.1) is 0 Å². The van der Waals surface area contributed by atoms with Crippen LogP contribution in [0.15, 0.2) is 65.1 Å². The number of amides is 4. The number of rotatable bonds is 7. The van der Waals surface area contributed by atoms with Gasteiger partial charge in [-0.1, -0.05) is 36.6 Å². The summed E-state index contributed by atoms with van der Waals surface area (Å²) in [7, 11) is -3.91. The van der Waals surface area contributed by atoms with Gasteiger partial charge in [-0.3, -0.25) is 23.9 Å². The van der Waals surface area contributed by atoms with E-state index in [0.29, 0.717) is 65.8 Å². The molecule has 0 bridgehead atoms. The average Bonchev–Trinajstić information content (AvgIpc) is 4.06. The van der Waals surface area contributed by atoms with Crippen molar-refractivity contribution < 1.29 is 41.1 Å². The lowest BCUT2D eigenvalue weighted by Gasteiger charge is -2.29. The summed E-state index contributed by atoms with van der Waals surface area (Å²) in [4.78, 5) is 61.2. The Labute approximate surface area is 323 Å². The van der Waals surface area contributed by atoms with Crippen molar-refractivity contribution in [2.45, 2.75) is 101 Å². The summed E-state index contributed by atoms with van der Waals surface area (Å²) in [6, 6.07) is 11.3. The van der Waals surface area contributed by atoms with Crippen LogP contribution in [-0.2, 0) is 29.2 Å². The first-order valence-corrected chi connectivity index (χ1v) is 20.7. The monoisotopic (exact) mass is 785 g/mol. The van der Waals surface area contributed by atoms with Crippen molar-refractivity contribution in [3.05, 3.63) is 72.1 Å². The molecule has 0 radical (unpaired) electrons. The molecule has 3 N–H and O–H groups in total. The molecular weight excluding hydrogens is 742 g/mol. The van der Waals surface area contributed by atoms with Gasteiger partial charge in [0, 0.05) is 36.3 Å². The van der Waals surface area contributed by atoms with Crippen LogP contribution < -0.4 is 20.1 Å². The van der Waals surface area contributed by atoms with Gasteiger partial charge in [0.25, 0.3) is 5.91 Å². The zero-order chi connectivity index (χ0) is 39.4. The van der Waals surface area contributed by atoms with E-state index >= 15 is 0 Å². The summed E-state index contributed by atoms with van der Waals surface area (Å²) in [6.07, 6.45) is 7.46. The lowest BCUT2D eigenvalue weighted by molar-refractivity contribution is -0.142. The molecule has 2 aliphatic carbocycles. The van der Waals surface area contributed by atoms with Gasteiger partial charge in [-0.2, -0.15) is 0 Å². The van der Waals surface area contributed by atoms with Gasteiger partial charge in [0.15, 0.2) is 11.3 Å². The minimum atomic E-state index is -3.91. The van der Waals surface area contributed by atoms with Crippen LogP contribution >= 0.6 is 0 Å². The van der Waals surface area contributed by atoms with Crippen molar-refractivity contribution in [1.82, 2.24) is 25.2 Å². The van der Waals surface area contributed by atoms with Crippen molar-refractivity contribution in [2.75, 3.05) is 6.54 Å². The van der Waals surface area contributed by atoms with Crippen LogP contribution in [0.2, 0.25) is 0 Å². The van der Waals surface area contributed by atoms with Crippen molar-refractivity contribution in [2.24, 2.45) is 5.92 Å². The molecule has 56 heavy (non-hydrogen) atoms. The Kier molecular flexibility index (Phi) is 9.83. The first-order valence-electron chi connectivity index (χ1n) is 19.2. The molecule has 3 fully saturated rings. The van der Waals surface area contributed by atoms with Crippen LogP contribution in [0.3, 0.4) is 0 Å². The first kappa shape index (κ1) is 37.6. The number of ether oxygens (including phenoxy) is 1. The summed E-state index contributed by atoms with van der Waals surface area (Å²) < 4.78 is 54.8. The maximum atomic E-state index is 14.4. The largest absolute Gasteiger partial charge is 0.484 e. The summed E-state index contributed by atoms with van der Waals surface area (Å²) in [5.41, 5.74) is 2.04. The highest BCUT2D eigenvalue weighted by molar-refractivity contribution is 7.91. The highest BCUT2D eigenvalue weighted by Gasteiger charge is 2.62. The van der Waals surface area contributed by atoms with Crippen molar-refractivity contribution >= 4 is 55.7 Å². The maximum Gasteiger partial charge on any atom is 0.259 e. The molecule has 294 valence electrons. The summed E-state index contributed by atoms with van der Waals surface area (Å²) in [5.74, 6) is -2.84. The number of allylic oxidation sites excluding steroid dienone is 1. The van der Waals surface area contributed by atoms with Gasteiger partial charge in [-0.05, 0) is 81.8 Å². The number of furan rings is 1. The lowest BCUT2D eigenvalue weighted by atomic mass is 10.0. The summed E-state index contributed by atoms with van der Waals surface area (Å²) >= 11 is 0. The number of carbonyl (C=O) groups is 4. The third kappa shape index (κ3) is 7.48. The molecule has 4 aromatic rings. The fourth-order valence-electron chi connectivity index (χ4n) is 7.95. The molecule has 2 aromatic carbocycles. The highest BCUT2D eigenvalue weighted by Crippen LogP contribution is 2.46. The number of aryl methyl sites for hydroxylation is 1. The second-order valence-electron chi connectivity index (χ2n) is 15.5. The third-order valence-electron chi connectivity index (χ3n) is 11.2. The number of nitrogens with one attached hydrogen (secondary N) is 3. The van der Waals surface area contributed by atoms with Gasteiger partial charge in [-0.25, -0.2) is 17.8 Å². The molecule has 13 nitrogen and oxygen atoms in total. The Balaban J connectivity index is 1.15. The zero-order valence-electron chi connectivity index (χ0n) is 31.2. The molecule has 4 aliphatic rings. The number of hydrogen-bond donors (Lipinski definition) is 3. The van der Waals surface area contributed by atoms with E-state index in [2.05, 4.69) is 15.4 Å². The van der Waals surface area contributed by atoms with Gasteiger partial charge in [0.05, 0.1) is 17.5 Å². The van der Waals surface area contributed by atoms with E-state index in [-0.39, 0.29) is 19.4 Å². The standard InChI is InChI=1S/C41H44FN5O8S/c1-23-10-17-34-30(18-23)36-37(55-34)35(20-32(44-36)25-11-13-27(42)14-12-25)54-28-19-33-38(49)45-41(40(51)46-56(52,53)29-15-16-29)21-26(41)8-6-4-3-5-7-9-31(43-24(2)48)39(50)47(33)22-28/h6,8,10-14,17-18,20,26,28-29,31,33H,3-5,7,9,15-16,19,21-22H2,1-2H3,(H,43,48)(H,45,49)(H,46,51)/b8-6-/t26-,28+,31-,33-,41+/m0/s1. The van der Waals surface area contributed by atoms with Gasteiger partial charge < -0.3 is 24.7 Å². The number of benzene rings is 2. The summed E-state index contributed by atoms with van der Waals surface area (Å²) in [5, 5.41) is 5.76. The van der Waals surface area contributed by atoms with E-state index in [9.17, 15) is 32.0 Å². The number of pyridine rings is 1. The zero-order valence-corrected chi connectivity index (χ0v) is 32.0. The molecule has 0 unspecified atom stereocenters. The molecule has 2 aromatic heterocycles. The summed E-state index contributed by atoms with van der Waals surface area (Å²) in [6.45, 7) is 3.25. The molecule has 15 heteroatoms. The van der Waals surface area contributed by atoms with Gasteiger partial charge in [0.2, 0.25) is 27.7 Å². The molecule has 4 heterocycles. The fraction of sp³-hybridized carbons (Fsp3) is 0.439. The Morgan fingerprint density at radius 2 is 1.84 bits per heavy atom. The number of nitrogens with zero attached hydrogens (tertiary/aromatic N) is 2. The molecule has 2 aliphatic heterocycles. The van der Waals surface area contributed by atoms with Crippen LogP contribution in [0.1, 0.15) is 70.3 Å². The first-order chi connectivity index (χ1) is 26.8. The molecule has 4 amide bonds. The van der Waals surface area contributed by atoms with Crippen LogP contribution in [0, 0.1) is 18.7 Å². The maximum absolute atomic E-state index is 14.4. The Morgan fingerprint density at radius 1 is 1.05 bits per heavy atom. The Bertz CT molecular complexity index is 2380. The minimum Gasteiger partial charge on any atom is -0.484 e. The van der Waals surface area contributed by atoms with E-state index in [1.54, 1.807) is 18.2 Å². The van der Waals surface area contributed by atoms with E-state index in [1.807, 2.05) is 37.3 Å². The predicted molar refractivity (Wildman–Crippen MR) is 205 cm³/mol. The second kappa shape index (κ2) is 14.6. The molecule has 2 saturated carbocycles. The molecule has 5 atom stereocenters. The van der Waals surface area contributed by atoms with Crippen molar-refractivity contribution in [3.63, 3.8) is 0 Å². The van der Waals surface area contributed by atoms with E-state index in [0.717, 1.165) is 23.8 Å². The fourth-order valence-corrected chi connectivity index (χ4v) is 9.31. The number of fused-ring (bicyclic) bond motifs is 5. The second-order valence-corrected chi connectivity index (χ2v) is 17.5. The molecule has 8 rings (SSSR count). The Morgan fingerprint density at radius 3 is 2.59 bits per heavy atom. The molecule has 0 spiro atoms. The van der Waals surface area contributed by atoms with Crippen LogP contribution in [-0.4, -0.2) is 77.5 Å².